The third-order valence-electron chi connectivity index (χ3n) is 4.86. The van der Waals surface area contributed by atoms with Crippen molar-refractivity contribution in [3.8, 4) is 11.4 Å². The van der Waals surface area contributed by atoms with Gasteiger partial charge < -0.3 is 0 Å². The fourth-order valence-corrected chi connectivity index (χ4v) is 3.43. The monoisotopic (exact) mass is 394 g/mol. The van der Waals surface area contributed by atoms with Crippen molar-refractivity contribution in [3.05, 3.63) is 84.8 Å². The highest BCUT2D eigenvalue weighted by molar-refractivity contribution is 5.89. The first kappa shape index (κ1) is 16.5. The first-order chi connectivity index (χ1) is 14.8. The number of para-hydroxylation sites is 1. The summed E-state index contributed by atoms with van der Waals surface area (Å²) in [5.41, 5.74) is 4.42. The Kier molecular flexibility index (Phi) is 3.60. The predicted molar refractivity (Wildman–Crippen MR) is 107 cm³/mol. The Balaban J connectivity index is 1.34. The van der Waals surface area contributed by atoms with Crippen molar-refractivity contribution in [3.63, 3.8) is 0 Å². The van der Waals surface area contributed by atoms with Crippen LogP contribution in [0.1, 0.15) is 11.4 Å². The number of benzene rings is 2. The highest BCUT2D eigenvalue weighted by Gasteiger charge is 2.13. The van der Waals surface area contributed by atoms with Crippen molar-refractivity contribution in [2.45, 2.75) is 6.42 Å². The van der Waals surface area contributed by atoms with Gasteiger partial charge in [0, 0.05) is 6.42 Å². The minimum atomic E-state index is 0.603. The normalized spacial score (nSPS) is 11.5. The van der Waals surface area contributed by atoms with Crippen LogP contribution in [0.3, 0.4) is 0 Å². The molecule has 10 nitrogen and oxygen atoms in total. The molecule has 0 atom stereocenters. The van der Waals surface area contributed by atoms with Gasteiger partial charge in [0.05, 0.1) is 23.0 Å². The molecular formula is C20H14N10. The molecule has 4 heterocycles. The Labute approximate surface area is 169 Å². The minimum Gasteiger partial charge on any atom is -0.216 e. The van der Waals surface area contributed by atoms with Crippen LogP contribution in [0.4, 0.5) is 0 Å². The Hall–Kier alpha value is -4.47. The summed E-state index contributed by atoms with van der Waals surface area (Å²) >= 11 is 0. The summed E-state index contributed by atoms with van der Waals surface area (Å²) in [6.45, 7) is 0. The van der Waals surface area contributed by atoms with E-state index in [0.717, 1.165) is 33.6 Å². The summed E-state index contributed by atoms with van der Waals surface area (Å²) in [6, 6.07) is 17.9. The fourth-order valence-electron chi connectivity index (χ4n) is 3.43. The van der Waals surface area contributed by atoms with Crippen LogP contribution in [0.25, 0.3) is 28.1 Å². The van der Waals surface area contributed by atoms with Crippen LogP contribution in [0.2, 0.25) is 0 Å². The average molecular weight is 394 g/mol. The van der Waals surface area contributed by atoms with Crippen LogP contribution < -0.4 is 0 Å². The molecule has 0 saturated carbocycles. The van der Waals surface area contributed by atoms with Gasteiger partial charge in [0.25, 0.3) is 0 Å². The van der Waals surface area contributed by atoms with E-state index in [1.807, 2.05) is 54.6 Å². The maximum absolute atomic E-state index is 4.74. The van der Waals surface area contributed by atoms with Crippen LogP contribution in [-0.4, -0.2) is 49.6 Å². The third kappa shape index (κ3) is 2.70. The molecule has 0 aliphatic carbocycles. The molecule has 6 rings (SSSR count). The molecule has 0 N–H and O–H groups in total. The molecule has 0 bridgehead atoms. The quantitative estimate of drug-likeness (QED) is 0.450. The highest BCUT2D eigenvalue weighted by atomic mass is 15.5. The number of aromatic nitrogens is 10. The average Bonchev–Trinajstić information content (AvgIpc) is 3.53. The number of hydrogen-bond donors (Lipinski definition) is 0. The first-order valence-electron chi connectivity index (χ1n) is 9.31. The van der Waals surface area contributed by atoms with Crippen molar-refractivity contribution < 1.29 is 0 Å². The van der Waals surface area contributed by atoms with Gasteiger partial charge in [-0.05, 0) is 40.3 Å². The van der Waals surface area contributed by atoms with Crippen molar-refractivity contribution >= 4 is 16.7 Å². The number of fused-ring (bicyclic) bond motifs is 3. The van der Waals surface area contributed by atoms with Gasteiger partial charge in [-0.2, -0.15) is 5.10 Å². The summed E-state index contributed by atoms with van der Waals surface area (Å²) in [6.07, 6.45) is 5.62. The fraction of sp³-hybridized carbons (Fsp3) is 0.0500. The van der Waals surface area contributed by atoms with E-state index in [0.29, 0.717) is 12.2 Å². The van der Waals surface area contributed by atoms with Crippen molar-refractivity contribution in [1.29, 1.82) is 0 Å². The molecule has 0 fully saturated rings. The van der Waals surface area contributed by atoms with E-state index in [9.17, 15) is 0 Å². The van der Waals surface area contributed by atoms with Gasteiger partial charge >= 0.3 is 0 Å². The van der Waals surface area contributed by atoms with Gasteiger partial charge in [-0.25, -0.2) is 23.8 Å². The van der Waals surface area contributed by atoms with Gasteiger partial charge in [0.2, 0.25) is 0 Å². The van der Waals surface area contributed by atoms with E-state index in [2.05, 4.69) is 30.7 Å². The van der Waals surface area contributed by atoms with Crippen LogP contribution in [0, 0.1) is 0 Å². The van der Waals surface area contributed by atoms with Crippen LogP contribution in [0.15, 0.2) is 73.4 Å². The summed E-state index contributed by atoms with van der Waals surface area (Å²) in [7, 11) is 0. The smallest absolute Gasteiger partial charge is 0.170 e. The zero-order valence-corrected chi connectivity index (χ0v) is 15.6. The molecular weight excluding hydrogens is 380 g/mol. The van der Waals surface area contributed by atoms with Crippen molar-refractivity contribution in [1.82, 2.24) is 49.6 Å². The van der Waals surface area contributed by atoms with E-state index >= 15 is 0 Å². The second-order valence-corrected chi connectivity index (χ2v) is 6.77. The number of tetrazole rings is 1. The van der Waals surface area contributed by atoms with Crippen LogP contribution in [-0.2, 0) is 6.42 Å². The Bertz CT molecular complexity index is 1450. The second kappa shape index (κ2) is 6.55. The molecule has 0 aliphatic heterocycles. The zero-order valence-electron chi connectivity index (χ0n) is 15.6. The van der Waals surface area contributed by atoms with E-state index in [4.69, 9.17) is 4.98 Å². The van der Waals surface area contributed by atoms with Gasteiger partial charge in [-0.1, -0.05) is 30.3 Å². The Morgan fingerprint density at radius 2 is 1.70 bits per heavy atom. The molecule has 4 aromatic heterocycles. The largest absolute Gasteiger partial charge is 0.216 e. The molecule has 2 aromatic carbocycles. The summed E-state index contributed by atoms with van der Waals surface area (Å²) < 4.78 is 5.12. The Morgan fingerprint density at radius 3 is 2.50 bits per heavy atom. The van der Waals surface area contributed by atoms with Gasteiger partial charge in [-0.3, -0.25) is 0 Å². The van der Waals surface area contributed by atoms with E-state index < -0.39 is 0 Å². The minimum absolute atomic E-state index is 0.603. The summed E-state index contributed by atoms with van der Waals surface area (Å²) in [4.78, 5) is 9.28. The molecule has 0 spiro atoms. The predicted octanol–water partition coefficient (Wildman–Crippen LogP) is 2.03. The lowest BCUT2D eigenvalue weighted by Gasteiger charge is -2.01. The lowest BCUT2D eigenvalue weighted by atomic mass is 10.1. The second-order valence-electron chi connectivity index (χ2n) is 6.77. The molecule has 0 aliphatic rings. The van der Waals surface area contributed by atoms with Gasteiger partial charge in [0.15, 0.2) is 17.1 Å². The summed E-state index contributed by atoms with van der Waals surface area (Å²) in [5, 5.41) is 21.1. The maximum atomic E-state index is 4.74. The molecule has 0 amide bonds. The summed E-state index contributed by atoms with van der Waals surface area (Å²) in [5.74, 6) is 0.715. The zero-order chi connectivity index (χ0) is 19.9. The van der Waals surface area contributed by atoms with Crippen molar-refractivity contribution in [2.75, 3.05) is 0 Å². The van der Waals surface area contributed by atoms with E-state index in [-0.39, 0.29) is 0 Å². The molecule has 10 heteroatoms. The van der Waals surface area contributed by atoms with E-state index in [1.54, 1.807) is 32.7 Å². The van der Waals surface area contributed by atoms with Gasteiger partial charge in [-0.15, -0.1) is 10.2 Å². The van der Waals surface area contributed by atoms with Crippen LogP contribution >= 0.6 is 0 Å². The molecule has 144 valence electrons. The lowest BCUT2D eigenvalue weighted by Crippen LogP contribution is -1.98. The molecule has 0 unspecified atom stereocenters. The van der Waals surface area contributed by atoms with Gasteiger partial charge in [0.1, 0.15) is 12.7 Å². The molecule has 30 heavy (non-hydrogen) atoms. The SMILES string of the molecule is c1ccc(-n2ncc3c2ncn2nc(Cc4ccc(-n5cnnn5)cc4)nc32)cc1. The molecule has 0 radical (unpaired) electrons. The number of hydrogen-bond acceptors (Lipinski definition) is 7. The maximum Gasteiger partial charge on any atom is 0.170 e. The molecule has 0 saturated heterocycles. The number of nitrogens with zero attached hydrogens (tertiary/aromatic N) is 10. The number of rotatable bonds is 4. The lowest BCUT2D eigenvalue weighted by molar-refractivity contribution is 0.788. The third-order valence-corrected chi connectivity index (χ3v) is 4.86. The Morgan fingerprint density at radius 1 is 0.833 bits per heavy atom. The topological polar surface area (TPSA) is 105 Å². The highest BCUT2D eigenvalue weighted by Crippen LogP contribution is 2.20. The molecule has 6 aromatic rings. The standard InChI is InChI=1S/C20H14N10/c1-2-4-16(5-3-1)30-19-17(11-23-30)20-24-18(25-29(20)12-21-19)10-14-6-8-15(9-7-14)28-13-22-26-27-28/h1-9,11-13H,10H2. The van der Waals surface area contributed by atoms with Crippen molar-refractivity contribution in [2.24, 2.45) is 0 Å². The van der Waals surface area contributed by atoms with Crippen LogP contribution in [0.5, 0.6) is 0 Å². The first-order valence-corrected chi connectivity index (χ1v) is 9.31. The van der Waals surface area contributed by atoms with E-state index in [1.165, 1.54) is 0 Å².